The summed E-state index contributed by atoms with van der Waals surface area (Å²) in [4.78, 5) is 12.1. The lowest BCUT2D eigenvalue weighted by atomic mass is 10.1. The first kappa shape index (κ1) is 15.1. The summed E-state index contributed by atoms with van der Waals surface area (Å²) < 4.78 is 29.9. The molecule has 0 fully saturated rings. The molecule has 1 unspecified atom stereocenters. The molecule has 1 atom stereocenters. The Morgan fingerprint density at radius 2 is 2.00 bits per heavy atom. The van der Waals surface area contributed by atoms with Crippen molar-refractivity contribution in [2.75, 3.05) is 11.0 Å². The molecule has 1 amide bonds. The van der Waals surface area contributed by atoms with E-state index in [-0.39, 0.29) is 11.9 Å². The van der Waals surface area contributed by atoms with E-state index < -0.39 is 10.0 Å². The molecule has 1 aromatic carbocycles. The van der Waals surface area contributed by atoms with Gasteiger partial charge in [-0.1, -0.05) is 6.07 Å². The van der Waals surface area contributed by atoms with Crippen LogP contribution in [0, 0.1) is 0 Å². The largest absolute Gasteiger partial charge is 0.467 e. The summed E-state index contributed by atoms with van der Waals surface area (Å²) in [5.41, 5.74) is 0.706. The number of anilines is 1. The number of hydrogen-bond donors (Lipinski definition) is 2. The number of hydrogen-bond acceptors (Lipinski definition) is 4. The normalized spacial score (nSPS) is 12.7. The Bertz CT molecular complexity index is 723. The van der Waals surface area contributed by atoms with Crippen molar-refractivity contribution in [2.45, 2.75) is 13.0 Å². The zero-order valence-corrected chi connectivity index (χ0v) is 12.5. The van der Waals surface area contributed by atoms with Crippen LogP contribution in [-0.4, -0.2) is 20.6 Å². The number of amides is 1. The first-order chi connectivity index (χ1) is 9.85. The van der Waals surface area contributed by atoms with Crippen molar-refractivity contribution < 1.29 is 17.6 Å². The summed E-state index contributed by atoms with van der Waals surface area (Å²) >= 11 is 0. The van der Waals surface area contributed by atoms with Gasteiger partial charge in [-0.2, -0.15) is 0 Å². The third kappa shape index (κ3) is 4.35. The zero-order chi connectivity index (χ0) is 15.5. The molecule has 112 valence electrons. The van der Waals surface area contributed by atoms with Crippen molar-refractivity contribution >= 4 is 21.6 Å². The van der Waals surface area contributed by atoms with Crippen LogP contribution in [-0.2, 0) is 10.0 Å². The van der Waals surface area contributed by atoms with Crippen LogP contribution in [0.15, 0.2) is 47.1 Å². The molecule has 1 heterocycles. The van der Waals surface area contributed by atoms with Crippen molar-refractivity contribution in [1.82, 2.24) is 5.32 Å². The highest BCUT2D eigenvalue weighted by atomic mass is 32.2. The summed E-state index contributed by atoms with van der Waals surface area (Å²) in [5, 5.41) is 2.78. The van der Waals surface area contributed by atoms with Crippen molar-refractivity contribution in [3.63, 3.8) is 0 Å². The molecule has 0 aliphatic carbocycles. The Hall–Kier alpha value is -2.28. The Kier molecular flexibility index (Phi) is 4.32. The second-order valence-corrected chi connectivity index (χ2v) is 6.41. The van der Waals surface area contributed by atoms with E-state index in [0.717, 1.165) is 6.26 Å². The second kappa shape index (κ2) is 6.01. The summed E-state index contributed by atoms with van der Waals surface area (Å²) in [6.45, 7) is 1.80. The molecule has 0 aliphatic rings. The van der Waals surface area contributed by atoms with E-state index in [9.17, 15) is 13.2 Å². The minimum Gasteiger partial charge on any atom is -0.467 e. The van der Waals surface area contributed by atoms with Gasteiger partial charge in [0.2, 0.25) is 10.0 Å². The minimum atomic E-state index is -3.37. The number of carbonyl (C=O) groups excluding carboxylic acids is 1. The molecule has 0 spiro atoms. The van der Waals surface area contributed by atoms with Gasteiger partial charge in [-0.05, 0) is 37.3 Å². The van der Waals surface area contributed by atoms with Gasteiger partial charge in [-0.15, -0.1) is 0 Å². The van der Waals surface area contributed by atoms with Gasteiger partial charge in [0.15, 0.2) is 0 Å². The third-order valence-corrected chi connectivity index (χ3v) is 3.35. The van der Waals surface area contributed by atoms with E-state index in [1.807, 2.05) is 0 Å². The average molecular weight is 308 g/mol. The van der Waals surface area contributed by atoms with E-state index in [4.69, 9.17) is 4.42 Å². The molecule has 0 saturated carbocycles. The fourth-order valence-electron chi connectivity index (χ4n) is 1.83. The minimum absolute atomic E-state index is 0.279. The predicted octanol–water partition coefficient (Wildman–Crippen LogP) is 2.14. The molecule has 2 rings (SSSR count). The fourth-order valence-corrected chi connectivity index (χ4v) is 2.38. The third-order valence-electron chi connectivity index (χ3n) is 2.75. The number of furan rings is 1. The van der Waals surface area contributed by atoms with Crippen LogP contribution in [0.3, 0.4) is 0 Å². The Balaban J connectivity index is 2.11. The second-order valence-electron chi connectivity index (χ2n) is 4.67. The standard InChI is InChI=1S/C14H16N2O4S/c1-10(13-7-4-8-20-13)15-14(17)11-5-3-6-12(9-11)16-21(2,18)19/h3-10,16H,1-2H3,(H,15,17). The summed E-state index contributed by atoms with van der Waals surface area (Å²) in [7, 11) is -3.37. The maximum Gasteiger partial charge on any atom is 0.251 e. The van der Waals surface area contributed by atoms with Crippen molar-refractivity contribution in [1.29, 1.82) is 0 Å². The van der Waals surface area contributed by atoms with Crippen LogP contribution in [0.2, 0.25) is 0 Å². The Labute approximate surface area is 123 Å². The van der Waals surface area contributed by atoms with E-state index in [2.05, 4.69) is 10.0 Å². The molecule has 21 heavy (non-hydrogen) atoms. The zero-order valence-electron chi connectivity index (χ0n) is 11.7. The molecular formula is C14H16N2O4S. The monoisotopic (exact) mass is 308 g/mol. The molecule has 6 nitrogen and oxygen atoms in total. The van der Waals surface area contributed by atoms with Gasteiger partial charge in [0.05, 0.1) is 18.6 Å². The molecule has 7 heteroatoms. The van der Waals surface area contributed by atoms with Crippen LogP contribution < -0.4 is 10.0 Å². The van der Waals surface area contributed by atoms with Crippen molar-refractivity contribution in [3.8, 4) is 0 Å². The smallest absolute Gasteiger partial charge is 0.251 e. The van der Waals surface area contributed by atoms with Gasteiger partial charge in [-0.25, -0.2) is 8.42 Å². The maximum atomic E-state index is 12.1. The number of sulfonamides is 1. The van der Waals surface area contributed by atoms with E-state index in [0.29, 0.717) is 17.0 Å². The molecule has 2 N–H and O–H groups in total. The average Bonchev–Trinajstić information content (AvgIpc) is 2.90. The van der Waals surface area contributed by atoms with Gasteiger partial charge in [0.1, 0.15) is 5.76 Å². The molecule has 0 bridgehead atoms. The van der Waals surface area contributed by atoms with E-state index in [1.54, 1.807) is 37.3 Å². The number of benzene rings is 1. The molecule has 2 aromatic rings. The van der Waals surface area contributed by atoms with Crippen molar-refractivity contribution in [2.24, 2.45) is 0 Å². The highest BCUT2D eigenvalue weighted by Crippen LogP contribution is 2.15. The number of carbonyl (C=O) groups is 1. The van der Waals surface area contributed by atoms with Crippen LogP contribution in [0.1, 0.15) is 29.1 Å². The maximum absolute atomic E-state index is 12.1. The molecular weight excluding hydrogens is 292 g/mol. The van der Waals surface area contributed by atoms with Crippen LogP contribution in [0.25, 0.3) is 0 Å². The van der Waals surface area contributed by atoms with Crippen molar-refractivity contribution in [3.05, 3.63) is 54.0 Å². The summed E-state index contributed by atoms with van der Waals surface area (Å²) in [6.07, 6.45) is 2.59. The van der Waals surface area contributed by atoms with Gasteiger partial charge in [0, 0.05) is 11.3 Å². The van der Waals surface area contributed by atoms with Gasteiger partial charge in [0.25, 0.3) is 5.91 Å². The molecule has 0 saturated heterocycles. The van der Waals surface area contributed by atoms with Gasteiger partial charge < -0.3 is 9.73 Å². The van der Waals surface area contributed by atoms with Gasteiger partial charge >= 0.3 is 0 Å². The first-order valence-corrected chi connectivity index (χ1v) is 8.16. The molecule has 1 aromatic heterocycles. The van der Waals surface area contributed by atoms with Crippen LogP contribution in [0.5, 0.6) is 0 Å². The lowest BCUT2D eigenvalue weighted by Crippen LogP contribution is -2.26. The van der Waals surface area contributed by atoms with E-state index >= 15 is 0 Å². The number of nitrogens with one attached hydrogen (secondary N) is 2. The summed E-state index contributed by atoms with van der Waals surface area (Å²) in [5.74, 6) is 0.338. The quantitative estimate of drug-likeness (QED) is 0.885. The lowest BCUT2D eigenvalue weighted by molar-refractivity contribution is 0.0935. The molecule has 0 radical (unpaired) electrons. The predicted molar refractivity (Wildman–Crippen MR) is 79.5 cm³/mol. The Morgan fingerprint density at radius 1 is 1.24 bits per heavy atom. The highest BCUT2D eigenvalue weighted by molar-refractivity contribution is 7.92. The fraction of sp³-hybridized carbons (Fsp3) is 0.214. The lowest BCUT2D eigenvalue weighted by Gasteiger charge is -2.12. The first-order valence-electron chi connectivity index (χ1n) is 6.27. The van der Waals surface area contributed by atoms with Gasteiger partial charge in [-0.3, -0.25) is 9.52 Å². The van der Waals surface area contributed by atoms with E-state index in [1.165, 1.54) is 12.3 Å². The van der Waals surface area contributed by atoms with Crippen LogP contribution >= 0.6 is 0 Å². The Morgan fingerprint density at radius 3 is 2.62 bits per heavy atom. The van der Waals surface area contributed by atoms with Crippen LogP contribution in [0.4, 0.5) is 5.69 Å². The summed E-state index contributed by atoms with van der Waals surface area (Å²) in [6, 6.07) is 9.51. The SMILES string of the molecule is CC(NC(=O)c1cccc(NS(C)(=O)=O)c1)c1ccco1. The topological polar surface area (TPSA) is 88.4 Å². The molecule has 0 aliphatic heterocycles. The highest BCUT2D eigenvalue weighted by Gasteiger charge is 2.14. The number of rotatable bonds is 5.